The van der Waals surface area contributed by atoms with Gasteiger partial charge >= 0.3 is 0 Å². The van der Waals surface area contributed by atoms with Crippen molar-refractivity contribution in [1.82, 2.24) is 4.90 Å². The lowest BCUT2D eigenvalue weighted by atomic mass is 9.97. The molecule has 0 unspecified atom stereocenters. The highest BCUT2D eigenvalue weighted by molar-refractivity contribution is 5.99. The van der Waals surface area contributed by atoms with Gasteiger partial charge in [-0.15, -0.1) is 0 Å². The molecule has 1 atom stereocenters. The molecule has 0 radical (unpaired) electrons. The smallest absolute Gasteiger partial charge is 0.290 e. The van der Waals surface area contributed by atoms with Gasteiger partial charge in [-0.1, -0.05) is 26.0 Å². The maximum Gasteiger partial charge on any atom is 0.290 e. The van der Waals surface area contributed by atoms with Gasteiger partial charge in [0.2, 0.25) is 5.76 Å². The van der Waals surface area contributed by atoms with E-state index in [0.717, 1.165) is 17.5 Å². The fourth-order valence-corrected chi connectivity index (χ4v) is 4.65. The normalized spacial score (nSPS) is 15.2. The van der Waals surface area contributed by atoms with Crippen molar-refractivity contribution in [3.8, 4) is 11.5 Å². The van der Waals surface area contributed by atoms with E-state index in [0.29, 0.717) is 47.2 Å². The molecular weight excluding hydrogens is 446 g/mol. The number of benzene rings is 2. The summed E-state index contributed by atoms with van der Waals surface area (Å²) in [5.41, 5.74) is 2.91. The summed E-state index contributed by atoms with van der Waals surface area (Å²) in [6, 6.07) is 8.49. The summed E-state index contributed by atoms with van der Waals surface area (Å²) in [5.74, 6) is 1.30. The van der Waals surface area contributed by atoms with Crippen LogP contribution in [0.25, 0.3) is 11.0 Å². The summed E-state index contributed by atoms with van der Waals surface area (Å²) in [6.07, 6.45) is 0.912. The van der Waals surface area contributed by atoms with E-state index in [1.807, 2.05) is 45.0 Å². The Morgan fingerprint density at radius 3 is 2.54 bits per heavy atom. The Bertz CT molecular complexity index is 1310. The number of carbonyl (C=O) groups excluding carboxylic acids is 1. The van der Waals surface area contributed by atoms with Crippen LogP contribution in [-0.2, 0) is 0 Å². The molecule has 1 aliphatic rings. The van der Waals surface area contributed by atoms with Crippen molar-refractivity contribution in [1.29, 1.82) is 0 Å². The molecule has 0 saturated carbocycles. The Hall–Kier alpha value is -3.32. The highest BCUT2D eigenvalue weighted by atomic mass is 16.5. The van der Waals surface area contributed by atoms with Crippen molar-refractivity contribution in [3.05, 3.63) is 68.6 Å². The standard InChI is InChI=1S/C28H33NO6/c1-6-33-22-15-19(7-8-21(22)34-12-9-16(2)3)24-23-25(31)20-14-17(4)13-18(5)26(20)35-27(23)28(32)29(24)10-11-30/h7-8,13-16,24,30H,6,9-12H2,1-5H3/t24-/m1/s1. The minimum Gasteiger partial charge on any atom is -0.490 e. The maximum absolute atomic E-state index is 13.7. The van der Waals surface area contributed by atoms with Crippen molar-refractivity contribution in [2.45, 2.75) is 47.1 Å². The highest BCUT2D eigenvalue weighted by Gasteiger charge is 2.42. The van der Waals surface area contributed by atoms with E-state index in [1.165, 1.54) is 4.90 Å². The summed E-state index contributed by atoms with van der Waals surface area (Å²) in [5, 5.41) is 10.2. The molecule has 0 fully saturated rings. The summed E-state index contributed by atoms with van der Waals surface area (Å²) in [6.45, 7) is 10.8. The maximum atomic E-state index is 13.7. The lowest BCUT2D eigenvalue weighted by Crippen LogP contribution is -2.32. The quantitative estimate of drug-likeness (QED) is 0.476. The Labute approximate surface area is 205 Å². The van der Waals surface area contributed by atoms with Crippen molar-refractivity contribution in [2.75, 3.05) is 26.4 Å². The van der Waals surface area contributed by atoms with Gasteiger partial charge in [-0.05, 0) is 68.0 Å². The lowest BCUT2D eigenvalue weighted by molar-refractivity contribution is 0.0691. The molecule has 1 aromatic heterocycles. The molecule has 3 aromatic rings. The predicted molar refractivity (Wildman–Crippen MR) is 134 cm³/mol. The molecule has 4 rings (SSSR count). The molecule has 2 aromatic carbocycles. The van der Waals surface area contributed by atoms with Crippen LogP contribution in [0.1, 0.15) is 66.0 Å². The number of fused-ring (bicyclic) bond motifs is 2. The Balaban J connectivity index is 1.86. The molecule has 7 heteroatoms. The number of amides is 1. The number of hydrogen-bond donors (Lipinski definition) is 1. The van der Waals surface area contributed by atoms with Crippen molar-refractivity contribution < 1.29 is 23.8 Å². The molecule has 1 amide bonds. The zero-order valence-electron chi connectivity index (χ0n) is 21.0. The molecule has 7 nitrogen and oxygen atoms in total. The number of rotatable bonds is 9. The molecule has 186 valence electrons. The Kier molecular flexibility index (Phi) is 7.17. The van der Waals surface area contributed by atoms with Gasteiger partial charge in [-0.2, -0.15) is 0 Å². The predicted octanol–water partition coefficient (Wildman–Crippen LogP) is 4.77. The van der Waals surface area contributed by atoms with Crippen LogP contribution >= 0.6 is 0 Å². The topological polar surface area (TPSA) is 89.2 Å². The molecule has 1 N–H and O–H groups in total. The van der Waals surface area contributed by atoms with Crippen molar-refractivity contribution >= 4 is 16.9 Å². The average molecular weight is 480 g/mol. The van der Waals surface area contributed by atoms with Crippen LogP contribution in [0, 0.1) is 19.8 Å². The largest absolute Gasteiger partial charge is 0.490 e. The van der Waals surface area contributed by atoms with Crippen LogP contribution in [0.2, 0.25) is 0 Å². The van der Waals surface area contributed by atoms with Crippen LogP contribution in [-0.4, -0.2) is 42.3 Å². The molecule has 0 bridgehead atoms. The molecule has 0 saturated heterocycles. The van der Waals surface area contributed by atoms with Gasteiger partial charge in [0.1, 0.15) is 5.58 Å². The van der Waals surface area contributed by atoms with Crippen LogP contribution < -0.4 is 14.9 Å². The molecule has 1 aliphatic heterocycles. The monoisotopic (exact) mass is 479 g/mol. The first-order valence-corrected chi connectivity index (χ1v) is 12.2. The van der Waals surface area contributed by atoms with Gasteiger partial charge in [0.15, 0.2) is 16.9 Å². The molecule has 0 spiro atoms. The minimum absolute atomic E-state index is 0.0307. The number of carbonyl (C=O) groups is 1. The Morgan fingerprint density at radius 1 is 1.09 bits per heavy atom. The first kappa shape index (κ1) is 24.8. The van der Waals surface area contributed by atoms with Crippen LogP contribution in [0.3, 0.4) is 0 Å². The SMILES string of the molecule is CCOc1cc([C@@H]2c3c(oc4c(C)cc(C)cc4c3=O)C(=O)N2CCO)ccc1OCCC(C)C. The van der Waals surface area contributed by atoms with Gasteiger partial charge < -0.3 is 23.9 Å². The van der Waals surface area contributed by atoms with Gasteiger partial charge in [0.25, 0.3) is 5.91 Å². The number of aliphatic hydroxyl groups excluding tert-OH is 1. The van der Waals surface area contributed by atoms with Crippen molar-refractivity contribution in [3.63, 3.8) is 0 Å². The fraction of sp³-hybridized carbons (Fsp3) is 0.429. The van der Waals surface area contributed by atoms with E-state index in [2.05, 4.69) is 13.8 Å². The van der Waals surface area contributed by atoms with E-state index in [-0.39, 0.29) is 29.9 Å². The number of aliphatic hydroxyl groups is 1. The molecule has 0 aliphatic carbocycles. The van der Waals surface area contributed by atoms with Crippen LogP contribution in [0.4, 0.5) is 0 Å². The lowest BCUT2D eigenvalue weighted by Gasteiger charge is -2.25. The molecule has 2 heterocycles. The van der Waals surface area contributed by atoms with Crippen LogP contribution in [0.15, 0.2) is 39.5 Å². The second-order valence-electron chi connectivity index (χ2n) is 9.43. The second kappa shape index (κ2) is 10.1. The zero-order chi connectivity index (χ0) is 25.3. The number of aryl methyl sites for hydroxylation is 2. The molecular formula is C28H33NO6. The third kappa shape index (κ3) is 4.65. The summed E-state index contributed by atoms with van der Waals surface area (Å²) in [4.78, 5) is 28.6. The average Bonchev–Trinajstić information content (AvgIpc) is 3.08. The van der Waals surface area contributed by atoms with Crippen molar-refractivity contribution in [2.24, 2.45) is 5.92 Å². The minimum atomic E-state index is -0.699. The van der Waals surface area contributed by atoms with Gasteiger partial charge in [0.05, 0.1) is 36.8 Å². The van der Waals surface area contributed by atoms with Gasteiger partial charge in [-0.25, -0.2) is 0 Å². The number of ether oxygens (including phenoxy) is 2. The van der Waals surface area contributed by atoms with E-state index in [1.54, 1.807) is 6.07 Å². The first-order chi connectivity index (χ1) is 16.8. The highest BCUT2D eigenvalue weighted by Crippen LogP contribution is 2.41. The number of β-amino-alcohol motifs (C(OH)–C–C–N with tert-alkyl or cyclic N) is 1. The van der Waals surface area contributed by atoms with Gasteiger partial charge in [-0.3, -0.25) is 9.59 Å². The summed E-state index contributed by atoms with van der Waals surface area (Å²) in [7, 11) is 0. The third-order valence-corrected chi connectivity index (χ3v) is 6.27. The third-order valence-electron chi connectivity index (χ3n) is 6.27. The Morgan fingerprint density at radius 2 is 1.86 bits per heavy atom. The van der Waals surface area contributed by atoms with E-state index < -0.39 is 11.9 Å². The number of hydrogen-bond acceptors (Lipinski definition) is 6. The second-order valence-corrected chi connectivity index (χ2v) is 9.43. The fourth-order valence-electron chi connectivity index (χ4n) is 4.65. The van der Waals surface area contributed by atoms with E-state index in [9.17, 15) is 14.7 Å². The molecule has 35 heavy (non-hydrogen) atoms. The number of nitrogens with zero attached hydrogens (tertiary/aromatic N) is 1. The van der Waals surface area contributed by atoms with E-state index >= 15 is 0 Å². The summed E-state index contributed by atoms with van der Waals surface area (Å²) < 4.78 is 17.9. The van der Waals surface area contributed by atoms with Gasteiger partial charge in [0, 0.05) is 6.54 Å². The summed E-state index contributed by atoms with van der Waals surface area (Å²) >= 11 is 0. The van der Waals surface area contributed by atoms with E-state index in [4.69, 9.17) is 13.9 Å². The van der Waals surface area contributed by atoms with Crippen LogP contribution in [0.5, 0.6) is 11.5 Å². The first-order valence-electron chi connectivity index (χ1n) is 12.2. The zero-order valence-corrected chi connectivity index (χ0v) is 21.0.